The summed E-state index contributed by atoms with van der Waals surface area (Å²) >= 11 is 12.5. The van der Waals surface area contributed by atoms with E-state index in [2.05, 4.69) is 17.0 Å². The summed E-state index contributed by atoms with van der Waals surface area (Å²) in [6, 6.07) is 17.1. The van der Waals surface area contributed by atoms with Crippen LogP contribution in [-0.2, 0) is 13.0 Å². The number of hydrogen-bond acceptors (Lipinski definition) is 4. The second-order valence-corrected chi connectivity index (χ2v) is 8.23. The third-order valence-electron chi connectivity index (χ3n) is 5.55. The lowest BCUT2D eigenvalue weighted by Crippen LogP contribution is -2.35. The summed E-state index contributed by atoms with van der Waals surface area (Å²) in [4.78, 5) is 2.32. The van der Waals surface area contributed by atoms with E-state index in [9.17, 15) is 5.11 Å². The van der Waals surface area contributed by atoms with Gasteiger partial charge in [-0.2, -0.15) is 0 Å². The first-order chi connectivity index (χ1) is 14.5. The fourth-order valence-electron chi connectivity index (χ4n) is 4.13. The Morgan fingerprint density at radius 3 is 2.43 bits per heavy atom. The van der Waals surface area contributed by atoms with Gasteiger partial charge in [0.15, 0.2) is 11.5 Å². The Balaban J connectivity index is 1.82. The summed E-state index contributed by atoms with van der Waals surface area (Å²) in [7, 11) is 3.29. The molecule has 0 fully saturated rings. The lowest BCUT2D eigenvalue weighted by Gasteiger charge is -2.38. The largest absolute Gasteiger partial charge is 0.508 e. The maximum absolute atomic E-state index is 10.4. The van der Waals surface area contributed by atoms with Crippen LogP contribution in [0.5, 0.6) is 17.2 Å². The summed E-state index contributed by atoms with van der Waals surface area (Å²) in [6.45, 7) is 1.36. The molecule has 6 heteroatoms. The number of aromatic hydroxyl groups is 1. The van der Waals surface area contributed by atoms with Gasteiger partial charge in [0.2, 0.25) is 0 Å². The number of phenolic OH excluding ortho intramolecular Hbond substituents is 1. The molecule has 0 spiro atoms. The van der Waals surface area contributed by atoms with Gasteiger partial charge in [-0.3, -0.25) is 4.90 Å². The third-order valence-corrected chi connectivity index (χ3v) is 6.02. The van der Waals surface area contributed by atoms with Crippen LogP contribution in [0.1, 0.15) is 28.3 Å². The van der Waals surface area contributed by atoms with Crippen molar-refractivity contribution in [3.8, 4) is 17.2 Å². The van der Waals surface area contributed by atoms with Crippen LogP contribution in [0.15, 0.2) is 54.6 Å². The van der Waals surface area contributed by atoms with Crippen molar-refractivity contribution in [2.45, 2.75) is 19.0 Å². The molecule has 0 aromatic heterocycles. The first-order valence-electron chi connectivity index (χ1n) is 9.72. The highest BCUT2D eigenvalue weighted by Crippen LogP contribution is 2.42. The molecule has 1 unspecified atom stereocenters. The van der Waals surface area contributed by atoms with Gasteiger partial charge in [-0.15, -0.1) is 0 Å². The molecule has 4 nitrogen and oxygen atoms in total. The van der Waals surface area contributed by atoms with Gasteiger partial charge in [0.05, 0.1) is 20.3 Å². The summed E-state index contributed by atoms with van der Waals surface area (Å²) in [5.41, 5.74) is 4.22. The number of methoxy groups -OCH3 is 2. The molecule has 0 saturated carbocycles. The number of halogens is 2. The van der Waals surface area contributed by atoms with E-state index in [0.717, 1.165) is 35.4 Å². The van der Waals surface area contributed by atoms with Gasteiger partial charge in [0.25, 0.3) is 0 Å². The maximum atomic E-state index is 10.4. The summed E-state index contributed by atoms with van der Waals surface area (Å²) in [5, 5.41) is 11.7. The van der Waals surface area contributed by atoms with Gasteiger partial charge in [-0.25, -0.2) is 0 Å². The first kappa shape index (κ1) is 20.9. The molecule has 1 aliphatic rings. The Labute approximate surface area is 186 Å². The van der Waals surface area contributed by atoms with Crippen LogP contribution in [0.3, 0.4) is 0 Å². The molecule has 156 valence electrons. The van der Waals surface area contributed by atoms with E-state index in [0.29, 0.717) is 22.3 Å². The summed E-state index contributed by atoms with van der Waals surface area (Å²) in [5.74, 6) is 1.65. The SMILES string of the molecule is COc1cc2c(cc1OC)C(c1cccc(Cl)c1)N(Cc1cc(Cl)ccc1O)CC2. The zero-order chi connectivity index (χ0) is 21.3. The molecule has 0 aliphatic carbocycles. The third kappa shape index (κ3) is 4.08. The van der Waals surface area contributed by atoms with Crippen molar-refractivity contribution in [3.63, 3.8) is 0 Å². The van der Waals surface area contributed by atoms with Crippen molar-refractivity contribution in [1.29, 1.82) is 0 Å². The molecule has 30 heavy (non-hydrogen) atoms. The van der Waals surface area contributed by atoms with Crippen LogP contribution in [0.4, 0.5) is 0 Å². The standard InChI is InChI=1S/C24H23Cl2NO3/c1-29-22-12-15-8-9-27(14-17-11-19(26)6-7-21(17)28)24(20(15)13-23(22)30-2)16-4-3-5-18(25)10-16/h3-7,10-13,24,28H,8-9,14H2,1-2H3. The Morgan fingerprint density at radius 1 is 0.967 bits per heavy atom. The van der Waals surface area contributed by atoms with Crippen LogP contribution in [-0.4, -0.2) is 30.8 Å². The van der Waals surface area contributed by atoms with E-state index in [1.54, 1.807) is 26.4 Å². The highest BCUT2D eigenvalue weighted by atomic mass is 35.5. The van der Waals surface area contributed by atoms with Crippen molar-refractivity contribution >= 4 is 23.2 Å². The minimum absolute atomic E-state index is 0.0503. The van der Waals surface area contributed by atoms with E-state index < -0.39 is 0 Å². The van der Waals surface area contributed by atoms with Crippen molar-refractivity contribution in [1.82, 2.24) is 4.90 Å². The lowest BCUT2D eigenvalue weighted by atomic mass is 9.87. The maximum Gasteiger partial charge on any atom is 0.161 e. The molecule has 0 bridgehead atoms. The molecule has 3 aromatic rings. The number of hydrogen-bond donors (Lipinski definition) is 1. The first-order valence-corrected chi connectivity index (χ1v) is 10.5. The summed E-state index contributed by atoms with van der Waals surface area (Å²) in [6.07, 6.45) is 0.855. The van der Waals surface area contributed by atoms with Crippen LogP contribution in [0.25, 0.3) is 0 Å². The predicted octanol–water partition coefficient (Wildman–Crippen LogP) is 5.86. The molecular formula is C24H23Cl2NO3. The Kier molecular flexibility index (Phi) is 6.09. The normalized spacial score (nSPS) is 16.2. The second-order valence-electron chi connectivity index (χ2n) is 7.36. The Bertz CT molecular complexity index is 1070. The van der Waals surface area contributed by atoms with E-state index in [1.807, 2.05) is 30.3 Å². The van der Waals surface area contributed by atoms with Crippen molar-refractivity contribution in [2.24, 2.45) is 0 Å². The van der Waals surface area contributed by atoms with Gasteiger partial charge in [-0.05, 0) is 65.6 Å². The smallest absolute Gasteiger partial charge is 0.161 e. The molecule has 1 aliphatic heterocycles. The Hall–Kier alpha value is -2.40. The number of rotatable bonds is 5. The zero-order valence-corrected chi connectivity index (χ0v) is 18.4. The Morgan fingerprint density at radius 2 is 1.70 bits per heavy atom. The molecule has 3 aromatic carbocycles. The molecule has 0 amide bonds. The van der Waals surface area contributed by atoms with Gasteiger partial charge < -0.3 is 14.6 Å². The quantitative estimate of drug-likeness (QED) is 0.535. The van der Waals surface area contributed by atoms with E-state index >= 15 is 0 Å². The van der Waals surface area contributed by atoms with Crippen LogP contribution < -0.4 is 9.47 Å². The highest BCUT2D eigenvalue weighted by molar-refractivity contribution is 6.30. The fraction of sp³-hybridized carbons (Fsp3) is 0.250. The monoisotopic (exact) mass is 443 g/mol. The second kappa shape index (κ2) is 8.76. The predicted molar refractivity (Wildman–Crippen MR) is 120 cm³/mol. The molecule has 4 rings (SSSR count). The van der Waals surface area contributed by atoms with Gasteiger partial charge in [0.1, 0.15) is 5.75 Å². The topological polar surface area (TPSA) is 41.9 Å². The average Bonchev–Trinajstić information content (AvgIpc) is 2.75. The molecule has 1 N–H and O–H groups in total. The van der Waals surface area contributed by atoms with E-state index in [4.69, 9.17) is 32.7 Å². The number of ether oxygens (including phenoxy) is 2. The number of nitrogens with zero attached hydrogens (tertiary/aromatic N) is 1. The average molecular weight is 444 g/mol. The van der Waals surface area contributed by atoms with E-state index in [-0.39, 0.29) is 11.8 Å². The van der Waals surface area contributed by atoms with Crippen molar-refractivity contribution < 1.29 is 14.6 Å². The summed E-state index contributed by atoms with van der Waals surface area (Å²) < 4.78 is 11.1. The molecule has 0 radical (unpaired) electrons. The van der Waals surface area contributed by atoms with Crippen LogP contribution in [0.2, 0.25) is 10.0 Å². The van der Waals surface area contributed by atoms with Gasteiger partial charge in [-0.1, -0.05) is 35.3 Å². The van der Waals surface area contributed by atoms with Gasteiger partial charge >= 0.3 is 0 Å². The molecule has 1 atom stereocenters. The van der Waals surface area contributed by atoms with Crippen molar-refractivity contribution in [3.05, 3.63) is 86.9 Å². The minimum atomic E-state index is -0.0503. The number of fused-ring (bicyclic) bond motifs is 1. The van der Waals surface area contributed by atoms with Gasteiger partial charge in [0, 0.05) is 28.7 Å². The number of benzene rings is 3. The lowest BCUT2D eigenvalue weighted by molar-refractivity contribution is 0.201. The minimum Gasteiger partial charge on any atom is -0.508 e. The molecule has 0 saturated heterocycles. The fourth-order valence-corrected chi connectivity index (χ4v) is 4.53. The molecular weight excluding hydrogens is 421 g/mol. The van der Waals surface area contributed by atoms with E-state index in [1.165, 1.54) is 5.56 Å². The van der Waals surface area contributed by atoms with Crippen molar-refractivity contribution in [2.75, 3.05) is 20.8 Å². The number of phenols is 1. The van der Waals surface area contributed by atoms with Crippen LogP contribution in [0, 0.1) is 0 Å². The zero-order valence-electron chi connectivity index (χ0n) is 16.9. The molecule has 1 heterocycles. The van der Waals surface area contributed by atoms with Crippen LogP contribution >= 0.6 is 23.2 Å². The highest BCUT2D eigenvalue weighted by Gasteiger charge is 2.31.